The molecule has 2 heterocycles. The monoisotopic (exact) mass is 379 g/mol. The Morgan fingerprint density at radius 3 is 2.42 bits per heavy atom. The lowest BCUT2D eigenvalue weighted by Gasteiger charge is -2.10. The van der Waals surface area contributed by atoms with E-state index in [-0.39, 0.29) is 0 Å². The van der Waals surface area contributed by atoms with Crippen LogP contribution in [-0.2, 0) is 6.42 Å². The molecule has 0 saturated carbocycles. The van der Waals surface area contributed by atoms with Crippen molar-refractivity contribution in [3.05, 3.63) is 81.4 Å². The molecule has 1 N–H and O–H groups in total. The number of fused-ring (bicyclic) bond motifs is 1. The maximum absolute atomic E-state index is 6.00. The van der Waals surface area contributed by atoms with Gasteiger partial charge in [-0.3, -0.25) is 0 Å². The lowest BCUT2D eigenvalue weighted by Crippen LogP contribution is -2.02. The van der Waals surface area contributed by atoms with Gasteiger partial charge in [0.25, 0.3) is 0 Å². The summed E-state index contributed by atoms with van der Waals surface area (Å²) < 4.78 is 0. The second-order valence-electron chi connectivity index (χ2n) is 6.25. The Hall–Kier alpha value is -2.43. The second-order valence-corrected chi connectivity index (χ2v) is 7.89. The molecule has 3 nitrogen and oxygen atoms in total. The van der Waals surface area contributed by atoms with Crippen LogP contribution in [0.4, 0.5) is 11.5 Å². The molecule has 0 amide bonds. The number of hydrogen-bond donors (Lipinski definition) is 1. The third-order valence-electron chi connectivity index (χ3n) is 4.39. The van der Waals surface area contributed by atoms with E-state index in [0.717, 1.165) is 32.6 Å². The van der Waals surface area contributed by atoms with Crippen molar-refractivity contribution in [3.8, 4) is 0 Å². The summed E-state index contributed by atoms with van der Waals surface area (Å²) in [7, 11) is 0. The normalized spacial score (nSPS) is 11.0. The number of rotatable bonds is 4. The van der Waals surface area contributed by atoms with Crippen LogP contribution in [-0.4, -0.2) is 9.97 Å². The fourth-order valence-electron chi connectivity index (χ4n) is 2.91. The van der Waals surface area contributed by atoms with E-state index in [1.165, 1.54) is 16.0 Å². The van der Waals surface area contributed by atoms with Crippen LogP contribution in [0.25, 0.3) is 10.2 Å². The molecule has 0 spiro atoms. The number of anilines is 2. The fourth-order valence-corrected chi connectivity index (χ4v) is 4.09. The van der Waals surface area contributed by atoms with Gasteiger partial charge in [-0.1, -0.05) is 41.9 Å². The van der Waals surface area contributed by atoms with Crippen molar-refractivity contribution in [3.63, 3.8) is 0 Å². The molecule has 0 bridgehead atoms. The largest absolute Gasteiger partial charge is 0.340 e. The van der Waals surface area contributed by atoms with Crippen LogP contribution in [0.15, 0.2) is 54.6 Å². The zero-order chi connectivity index (χ0) is 18.1. The van der Waals surface area contributed by atoms with Gasteiger partial charge in [-0.15, -0.1) is 11.3 Å². The summed E-state index contributed by atoms with van der Waals surface area (Å²) >= 11 is 7.72. The minimum atomic E-state index is 0.710. The molecule has 0 unspecified atom stereocenters. The number of nitrogens with one attached hydrogen (secondary N) is 1. The number of benzene rings is 2. The smallest absolute Gasteiger partial charge is 0.143 e. The van der Waals surface area contributed by atoms with E-state index in [4.69, 9.17) is 21.6 Å². The van der Waals surface area contributed by atoms with Crippen LogP contribution in [0.1, 0.15) is 21.8 Å². The first-order valence-corrected chi connectivity index (χ1v) is 9.63. The standard InChI is InChI=1S/C21H18ClN3S/c1-13-14(2)26-21-19(13)20(23-17-10-8-16(22)9-11-17)24-18(25-21)12-15-6-4-3-5-7-15/h3-11H,12H2,1-2H3,(H,23,24,25). The summed E-state index contributed by atoms with van der Waals surface area (Å²) in [5.41, 5.74) is 3.39. The molecular weight excluding hydrogens is 362 g/mol. The average Bonchev–Trinajstić information content (AvgIpc) is 2.92. The molecule has 5 heteroatoms. The SMILES string of the molecule is Cc1sc2nc(Cc3ccccc3)nc(Nc3ccc(Cl)cc3)c2c1C. The Labute approximate surface area is 161 Å². The first kappa shape index (κ1) is 17.0. The highest BCUT2D eigenvalue weighted by Crippen LogP contribution is 2.35. The number of aromatic nitrogens is 2. The van der Waals surface area contributed by atoms with E-state index in [9.17, 15) is 0 Å². The molecule has 4 aromatic rings. The molecule has 4 rings (SSSR count). The minimum Gasteiger partial charge on any atom is -0.340 e. The third-order valence-corrected chi connectivity index (χ3v) is 5.74. The van der Waals surface area contributed by atoms with E-state index < -0.39 is 0 Å². The quantitative estimate of drug-likeness (QED) is 0.452. The number of hydrogen-bond acceptors (Lipinski definition) is 4. The van der Waals surface area contributed by atoms with Gasteiger partial charge in [0.05, 0.1) is 5.39 Å². The van der Waals surface area contributed by atoms with Crippen molar-refractivity contribution >= 4 is 44.7 Å². The summed E-state index contributed by atoms with van der Waals surface area (Å²) in [6.45, 7) is 4.26. The zero-order valence-corrected chi connectivity index (χ0v) is 16.2. The second kappa shape index (κ2) is 7.06. The average molecular weight is 380 g/mol. The van der Waals surface area contributed by atoms with Gasteiger partial charge in [0.2, 0.25) is 0 Å². The number of halogens is 1. The van der Waals surface area contributed by atoms with Gasteiger partial charge in [0, 0.05) is 22.0 Å². The third kappa shape index (κ3) is 3.43. The van der Waals surface area contributed by atoms with Crippen LogP contribution >= 0.6 is 22.9 Å². The van der Waals surface area contributed by atoms with E-state index in [2.05, 4.69) is 31.3 Å². The van der Waals surface area contributed by atoms with Crippen LogP contribution in [0.5, 0.6) is 0 Å². The molecule has 0 aliphatic carbocycles. The van der Waals surface area contributed by atoms with Crippen LogP contribution in [0.2, 0.25) is 5.02 Å². The van der Waals surface area contributed by atoms with Crippen molar-refractivity contribution < 1.29 is 0 Å². The summed E-state index contributed by atoms with van der Waals surface area (Å²) in [6.07, 6.45) is 0.710. The first-order chi connectivity index (χ1) is 12.6. The fraction of sp³-hybridized carbons (Fsp3) is 0.143. The van der Waals surface area contributed by atoms with Gasteiger partial charge in [-0.05, 0) is 49.2 Å². The molecule has 2 aromatic heterocycles. The number of thiophene rings is 1. The van der Waals surface area contributed by atoms with Crippen molar-refractivity contribution in [2.24, 2.45) is 0 Å². The maximum Gasteiger partial charge on any atom is 0.143 e. The van der Waals surface area contributed by atoms with Gasteiger partial charge in [0.1, 0.15) is 16.5 Å². The van der Waals surface area contributed by atoms with E-state index in [0.29, 0.717) is 6.42 Å². The Balaban J connectivity index is 1.79. The Kier molecular flexibility index (Phi) is 4.62. The lowest BCUT2D eigenvalue weighted by molar-refractivity contribution is 0.999. The topological polar surface area (TPSA) is 37.8 Å². The summed E-state index contributed by atoms with van der Waals surface area (Å²) in [5.74, 6) is 1.67. The van der Waals surface area contributed by atoms with Crippen LogP contribution < -0.4 is 5.32 Å². The highest BCUT2D eigenvalue weighted by molar-refractivity contribution is 7.18. The summed E-state index contributed by atoms with van der Waals surface area (Å²) in [4.78, 5) is 11.9. The van der Waals surface area contributed by atoms with Gasteiger partial charge >= 0.3 is 0 Å². The maximum atomic E-state index is 6.00. The predicted molar refractivity (Wildman–Crippen MR) is 111 cm³/mol. The van der Waals surface area contributed by atoms with Crippen molar-refractivity contribution in [2.45, 2.75) is 20.3 Å². The molecule has 0 aliphatic rings. The number of nitrogens with zero attached hydrogens (tertiary/aromatic N) is 2. The Bertz CT molecular complexity index is 1060. The summed E-state index contributed by atoms with van der Waals surface area (Å²) in [6, 6.07) is 18.0. The molecule has 0 saturated heterocycles. The van der Waals surface area contributed by atoms with Crippen molar-refractivity contribution in [1.29, 1.82) is 0 Å². The lowest BCUT2D eigenvalue weighted by atomic mass is 10.1. The van der Waals surface area contributed by atoms with E-state index in [1.807, 2.05) is 42.5 Å². The molecule has 2 aromatic carbocycles. The van der Waals surface area contributed by atoms with E-state index in [1.54, 1.807) is 11.3 Å². The molecule has 0 aliphatic heterocycles. The molecule has 0 atom stereocenters. The van der Waals surface area contributed by atoms with Gasteiger partial charge in [-0.2, -0.15) is 0 Å². The molecular formula is C21H18ClN3S. The van der Waals surface area contributed by atoms with Crippen molar-refractivity contribution in [1.82, 2.24) is 9.97 Å². The highest BCUT2D eigenvalue weighted by atomic mass is 35.5. The molecule has 0 radical (unpaired) electrons. The zero-order valence-electron chi connectivity index (χ0n) is 14.6. The van der Waals surface area contributed by atoms with Crippen LogP contribution in [0, 0.1) is 13.8 Å². The minimum absolute atomic E-state index is 0.710. The van der Waals surface area contributed by atoms with E-state index >= 15 is 0 Å². The highest BCUT2D eigenvalue weighted by Gasteiger charge is 2.15. The first-order valence-electron chi connectivity index (χ1n) is 8.43. The number of aryl methyl sites for hydroxylation is 2. The molecule has 130 valence electrons. The van der Waals surface area contributed by atoms with Gasteiger partial charge < -0.3 is 5.32 Å². The van der Waals surface area contributed by atoms with Crippen molar-refractivity contribution in [2.75, 3.05) is 5.32 Å². The summed E-state index contributed by atoms with van der Waals surface area (Å²) in [5, 5.41) is 5.27. The molecule has 0 fully saturated rings. The predicted octanol–water partition coefficient (Wildman–Crippen LogP) is 6.30. The Morgan fingerprint density at radius 2 is 1.69 bits per heavy atom. The molecule has 26 heavy (non-hydrogen) atoms. The van der Waals surface area contributed by atoms with Gasteiger partial charge in [-0.25, -0.2) is 9.97 Å². The van der Waals surface area contributed by atoms with Crippen LogP contribution in [0.3, 0.4) is 0 Å². The van der Waals surface area contributed by atoms with Gasteiger partial charge in [0.15, 0.2) is 0 Å². The Morgan fingerprint density at radius 1 is 0.962 bits per heavy atom.